The molecule has 0 spiro atoms. The van der Waals surface area contributed by atoms with Crippen molar-refractivity contribution >= 4 is 127 Å². The number of H-pyrrole nitrogens is 3. The van der Waals surface area contributed by atoms with Crippen LogP contribution in [0.15, 0.2) is 77.7 Å². The number of anilines is 5. The SMILES string of the molecule is CC(=O)N1CCN(c2cc(C3CC3)cc3[nH]ncc23)CC1.CC(C)(F)C(=O)N1CCN(c2cc(Cl)cc3[nH]ncc23)CC1.CN(C)S(=O)(=O)N1CCN(c2cc(Cl)cc3[nH]ncc23)CC1.CS(=O)(=O)N1CCN(c2cccc3c(N)noc23)CC1. The Balaban J connectivity index is 0.000000126. The normalized spacial score (nSPS) is 17.7. The van der Waals surface area contributed by atoms with E-state index in [4.69, 9.17) is 33.5 Å². The van der Waals surface area contributed by atoms with E-state index in [2.05, 4.69) is 67.5 Å². The first-order valence-electron chi connectivity index (χ1n) is 28.2. The lowest BCUT2D eigenvalue weighted by atomic mass is 10.1. The Morgan fingerprint density at radius 2 is 1.06 bits per heavy atom. The van der Waals surface area contributed by atoms with Crippen LogP contribution in [0.3, 0.4) is 0 Å². The van der Waals surface area contributed by atoms with Crippen molar-refractivity contribution in [2.75, 3.05) is 150 Å². The quantitative estimate of drug-likeness (QED) is 0.122. The largest absolute Gasteiger partial charge is 0.380 e. The number of aromatic nitrogens is 7. The molecule has 8 heterocycles. The molecule has 1 aliphatic carbocycles. The van der Waals surface area contributed by atoms with Crippen LogP contribution in [0.5, 0.6) is 0 Å². The number of para-hydroxylation sites is 1. The van der Waals surface area contributed by atoms with Gasteiger partial charge in [-0.05, 0) is 86.7 Å². The molecule has 13 rings (SSSR count). The van der Waals surface area contributed by atoms with Gasteiger partial charge in [0.05, 0.1) is 52.5 Å². The maximum absolute atomic E-state index is 13.8. The lowest BCUT2D eigenvalue weighted by Crippen LogP contribution is -2.53. The molecular formula is C56H72Cl2FN17O7S2. The first kappa shape index (κ1) is 61.1. The van der Waals surface area contributed by atoms with Crippen LogP contribution in [0.1, 0.15) is 45.1 Å². The van der Waals surface area contributed by atoms with E-state index in [-0.39, 0.29) is 5.91 Å². The van der Waals surface area contributed by atoms with E-state index in [1.165, 1.54) is 62.5 Å². The monoisotopic (exact) mass is 1250 g/mol. The van der Waals surface area contributed by atoms with Crippen LogP contribution in [0.25, 0.3) is 43.7 Å². The van der Waals surface area contributed by atoms with Crippen LogP contribution in [-0.4, -0.2) is 218 Å². The molecule has 4 aromatic heterocycles. The fourth-order valence-electron chi connectivity index (χ4n) is 11.1. The number of nitrogen functional groups attached to an aromatic ring is 1. The van der Waals surface area contributed by atoms with Gasteiger partial charge in [-0.15, -0.1) is 0 Å². The maximum Gasteiger partial charge on any atom is 0.281 e. The lowest BCUT2D eigenvalue weighted by Gasteiger charge is -2.38. The topological polar surface area (TPSA) is 270 Å². The number of benzene rings is 4. The maximum atomic E-state index is 13.8. The molecule has 24 nitrogen and oxygen atoms in total. The van der Waals surface area contributed by atoms with Gasteiger partial charge in [0.2, 0.25) is 15.9 Å². The Morgan fingerprint density at radius 3 is 1.51 bits per heavy atom. The number of nitrogens with zero attached hydrogens (tertiary/aromatic N) is 13. The molecule has 0 radical (unpaired) electrons. The molecular weight excluding hydrogens is 1180 g/mol. The van der Waals surface area contributed by atoms with E-state index in [1.807, 2.05) is 53.6 Å². The van der Waals surface area contributed by atoms with Crippen molar-refractivity contribution in [2.45, 2.75) is 45.2 Å². The summed E-state index contributed by atoms with van der Waals surface area (Å²) in [6, 6.07) is 17.7. The molecule has 1 saturated carbocycles. The van der Waals surface area contributed by atoms with Gasteiger partial charge in [0.25, 0.3) is 16.1 Å². The van der Waals surface area contributed by atoms with Gasteiger partial charge in [-0.2, -0.15) is 36.6 Å². The Labute approximate surface area is 503 Å². The van der Waals surface area contributed by atoms with Gasteiger partial charge in [0.1, 0.15) is 0 Å². The van der Waals surface area contributed by atoms with E-state index < -0.39 is 31.8 Å². The highest BCUT2D eigenvalue weighted by Gasteiger charge is 2.35. The average molecular weight is 1250 g/mol. The van der Waals surface area contributed by atoms with Crippen molar-refractivity contribution in [1.29, 1.82) is 0 Å². The number of hydrogen-bond donors (Lipinski definition) is 4. The number of sulfonamides is 1. The number of carbonyl (C=O) groups is 2. The number of alkyl halides is 1. The second-order valence-electron chi connectivity index (χ2n) is 22.4. The second kappa shape index (κ2) is 25.1. The van der Waals surface area contributed by atoms with Crippen LogP contribution < -0.4 is 25.3 Å². The molecule has 4 aromatic carbocycles. The highest BCUT2D eigenvalue weighted by Crippen LogP contribution is 2.43. The van der Waals surface area contributed by atoms with Crippen molar-refractivity contribution in [1.82, 2.24) is 58.5 Å². The number of amides is 2. The molecule has 456 valence electrons. The molecule has 8 aromatic rings. The van der Waals surface area contributed by atoms with E-state index in [9.17, 15) is 30.8 Å². The Kier molecular flexibility index (Phi) is 18.1. The van der Waals surface area contributed by atoms with E-state index in [1.54, 1.807) is 38.3 Å². The summed E-state index contributed by atoms with van der Waals surface area (Å²) in [5, 5.41) is 30.2. The Hall–Kier alpha value is -7.01. The van der Waals surface area contributed by atoms with Gasteiger partial charge >= 0.3 is 0 Å². The molecule has 85 heavy (non-hydrogen) atoms. The van der Waals surface area contributed by atoms with Crippen molar-refractivity contribution in [3.05, 3.63) is 88.8 Å². The zero-order chi connectivity index (χ0) is 60.5. The van der Waals surface area contributed by atoms with Gasteiger partial charge in [-0.1, -0.05) is 34.4 Å². The predicted molar refractivity (Wildman–Crippen MR) is 332 cm³/mol. The zero-order valence-corrected chi connectivity index (χ0v) is 51.6. The first-order valence-corrected chi connectivity index (χ1v) is 32.2. The number of carbonyl (C=O) groups excluding carboxylic acids is 2. The van der Waals surface area contributed by atoms with Crippen molar-refractivity contribution in [3.63, 3.8) is 0 Å². The molecule has 29 heteroatoms. The molecule has 0 atom stereocenters. The summed E-state index contributed by atoms with van der Waals surface area (Å²) in [7, 11) is -3.37. The van der Waals surface area contributed by atoms with Crippen LogP contribution >= 0.6 is 23.2 Å². The number of nitrogens with one attached hydrogen (secondary N) is 3. The smallest absolute Gasteiger partial charge is 0.281 e. The standard InChI is InChI=1S/C16H20N4O.C15H18ClFN4O.C13H18ClN5O2S.C12H16N4O3S/c1-11(21)19-4-6-20(7-5-19)16-9-13(12-2-3-12)8-15-14(16)10-17-18-15;1-15(2,17)14(22)21-5-3-20(4-6-21)13-8-10(16)7-12-11(13)9-18-19-12;1-17(2)22(20,21)19-5-3-18(4-6-19)13-8-10(14)7-12-11(13)9-15-16-12;1-20(17,18)16-7-5-15(6-8-16)10-4-2-3-9-11(10)19-14-12(9)13/h8-10,12H,2-7H2,1H3,(H,17,18);7-9H,3-6H2,1-2H3,(H,18,19);7-9H,3-6H2,1-2H3,(H,15,16);2-4H,5-8H2,1H3,(H2,13,14). The number of fused-ring (bicyclic) bond motifs is 4. The minimum Gasteiger partial charge on any atom is -0.380 e. The molecule has 0 bridgehead atoms. The summed E-state index contributed by atoms with van der Waals surface area (Å²) in [6.45, 7) is 14.3. The van der Waals surface area contributed by atoms with E-state index >= 15 is 0 Å². The summed E-state index contributed by atoms with van der Waals surface area (Å²) in [5.74, 6) is 0.827. The summed E-state index contributed by atoms with van der Waals surface area (Å²) in [6.07, 6.45) is 9.29. The Bertz CT molecular complexity index is 3910. The minimum atomic E-state index is -3.35. The number of nitrogens with two attached hydrogens (primary N) is 1. The molecule has 5 aliphatic rings. The van der Waals surface area contributed by atoms with E-state index in [0.717, 1.165) is 81.9 Å². The second-order valence-corrected chi connectivity index (χ2v) is 27.4. The summed E-state index contributed by atoms with van der Waals surface area (Å²) < 4.78 is 70.6. The van der Waals surface area contributed by atoms with Crippen LogP contribution in [-0.2, 0) is 29.8 Å². The van der Waals surface area contributed by atoms with Crippen molar-refractivity contribution in [2.24, 2.45) is 0 Å². The number of piperazine rings is 4. The average Bonchev–Trinajstić information content (AvgIpc) is 4.10. The number of rotatable bonds is 9. The third-order valence-corrected chi connectivity index (χ3v) is 19.7. The summed E-state index contributed by atoms with van der Waals surface area (Å²) >= 11 is 12.3. The number of hydrogen-bond acceptors (Lipinski definition) is 16. The predicted octanol–water partition coefficient (Wildman–Crippen LogP) is 6.36. The van der Waals surface area contributed by atoms with Gasteiger partial charge in [0, 0.05) is 169 Å². The molecule has 2 amide bonds. The highest BCUT2D eigenvalue weighted by molar-refractivity contribution is 7.88. The van der Waals surface area contributed by atoms with Gasteiger partial charge < -0.3 is 39.7 Å². The van der Waals surface area contributed by atoms with Crippen LogP contribution in [0.4, 0.5) is 33.0 Å². The third-order valence-electron chi connectivity index (χ3n) is 16.0. The van der Waals surface area contributed by atoms with Crippen molar-refractivity contribution < 1.29 is 35.3 Å². The number of halogens is 3. The number of aromatic amines is 3. The molecule has 4 aliphatic heterocycles. The van der Waals surface area contributed by atoms with Gasteiger partial charge in [-0.3, -0.25) is 24.9 Å². The third kappa shape index (κ3) is 13.8. The zero-order valence-electron chi connectivity index (χ0n) is 48.4. The molecule has 5 N–H and O–H groups in total. The van der Waals surface area contributed by atoms with E-state index in [0.29, 0.717) is 100.0 Å². The van der Waals surface area contributed by atoms with Crippen molar-refractivity contribution in [3.8, 4) is 0 Å². The molecule has 5 fully saturated rings. The molecule has 0 unspecified atom stereocenters. The van der Waals surface area contributed by atoms with Gasteiger partial charge in [0.15, 0.2) is 17.1 Å². The fraction of sp³-hybridized carbons (Fsp3) is 0.464. The molecule has 4 saturated heterocycles. The Morgan fingerprint density at radius 1 is 0.624 bits per heavy atom. The minimum absolute atomic E-state index is 0.176. The summed E-state index contributed by atoms with van der Waals surface area (Å²) in [5.41, 5.74) is 13.0. The van der Waals surface area contributed by atoms with Gasteiger partial charge in [-0.25, -0.2) is 12.8 Å². The fourth-order valence-corrected chi connectivity index (χ4v) is 13.5. The van der Waals surface area contributed by atoms with Crippen LogP contribution in [0.2, 0.25) is 10.0 Å². The summed E-state index contributed by atoms with van der Waals surface area (Å²) in [4.78, 5) is 35.7. The van der Waals surface area contributed by atoms with Crippen LogP contribution in [0, 0.1) is 0 Å². The first-order chi connectivity index (χ1) is 40.4. The lowest BCUT2D eigenvalue weighted by molar-refractivity contribution is -0.142. The highest BCUT2D eigenvalue weighted by atomic mass is 35.5.